The van der Waals surface area contributed by atoms with Crippen molar-refractivity contribution in [1.29, 1.82) is 0 Å². The summed E-state index contributed by atoms with van der Waals surface area (Å²) in [6, 6.07) is 0. The lowest BCUT2D eigenvalue weighted by Gasteiger charge is -2.58. The Labute approximate surface area is 341 Å². The number of ether oxygens (including phenoxy) is 4. The number of esters is 1. The van der Waals surface area contributed by atoms with Gasteiger partial charge in [0.1, 0.15) is 12.2 Å². The number of carbonyl (C=O) groups excluding carboxylic acids is 1. The zero-order valence-electron chi connectivity index (χ0n) is 34.6. The standard InChI is InChI=1S/C34H52O7.C6H12O4.3C2H2/c1-19-13-30(41-32(38)26(19)18-36)20(2)27-7-8-28-25-6-5-21-14-23(39-31-16-22(37)15-24(17-35)40-31)9-11-33(21,3)29(25)10-12-34(27,28)4;7-2-6-5(9)1-4(8)3-10-6;3*1-2/h5,20,22-25,27-31,35-37H,6-18H2,1-4H3;4-9H,1-3H2;3*1-2H/t20-,22-,23-,24-,25-,27?,28?,29?,30?,31?,33-,34+;4-,5+,6-;;;/m01.../s1. The van der Waals surface area contributed by atoms with Gasteiger partial charge in [0, 0.05) is 25.7 Å². The van der Waals surface area contributed by atoms with Crippen LogP contribution in [0.4, 0.5) is 0 Å². The molecular weight excluding hydrogens is 728 g/mol. The first-order valence-electron chi connectivity index (χ1n) is 20.7. The first kappa shape index (κ1) is 48.6. The average molecular weight is 799 g/mol. The second kappa shape index (κ2) is 22.0. The van der Waals surface area contributed by atoms with Gasteiger partial charge in [-0.3, -0.25) is 0 Å². The summed E-state index contributed by atoms with van der Waals surface area (Å²) in [7, 11) is 0. The number of cyclic esters (lactones) is 1. The maximum Gasteiger partial charge on any atom is 0.336 e. The molecule has 0 aromatic rings. The lowest BCUT2D eigenvalue weighted by Crippen LogP contribution is -2.52. The number of carbonyl (C=O) groups is 1. The zero-order chi connectivity index (χ0) is 42.7. The van der Waals surface area contributed by atoms with E-state index in [1.54, 1.807) is 5.57 Å². The van der Waals surface area contributed by atoms with Crippen LogP contribution in [0.1, 0.15) is 105 Å². The van der Waals surface area contributed by atoms with Gasteiger partial charge in [-0.05, 0) is 98.7 Å². The Morgan fingerprint density at radius 3 is 2.19 bits per heavy atom. The third-order valence-electron chi connectivity index (χ3n) is 14.6. The molecule has 57 heavy (non-hydrogen) atoms. The molecule has 5 fully saturated rings. The predicted octanol–water partition coefficient (Wildman–Crippen LogP) is 4.31. The summed E-state index contributed by atoms with van der Waals surface area (Å²) in [5.41, 5.74) is 3.48. The van der Waals surface area contributed by atoms with E-state index in [1.807, 2.05) is 6.92 Å². The summed E-state index contributed by atoms with van der Waals surface area (Å²) in [5, 5.41) is 56.0. The van der Waals surface area contributed by atoms with E-state index in [-0.39, 0.29) is 61.5 Å². The number of fused-ring (bicyclic) bond motifs is 5. The van der Waals surface area contributed by atoms with Crippen LogP contribution < -0.4 is 0 Å². The number of hydrogen-bond donors (Lipinski definition) is 6. The van der Waals surface area contributed by atoms with Gasteiger partial charge in [0.05, 0.1) is 62.5 Å². The number of aliphatic hydroxyl groups excluding tert-OH is 6. The van der Waals surface area contributed by atoms with Gasteiger partial charge in [0.15, 0.2) is 6.29 Å². The predicted molar refractivity (Wildman–Crippen MR) is 218 cm³/mol. The molecular formula is C46H70O11. The van der Waals surface area contributed by atoms with E-state index in [9.17, 15) is 20.1 Å². The van der Waals surface area contributed by atoms with Crippen LogP contribution in [0, 0.1) is 79.0 Å². The van der Waals surface area contributed by atoms with Crippen LogP contribution in [-0.4, -0.2) is 112 Å². The molecule has 7 rings (SSSR count). The fourth-order valence-corrected chi connectivity index (χ4v) is 11.6. The molecule has 0 bridgehead atoms. The topological polar surface area (TPSA) is 175 Å². The fourth-order valence-electron chi connectivity index (χ4n) is 11.6. The Morgan fingerprint density at radius 1 is 0.877 bits per heavy atom. The molecule has 0 spiro atoms. The highest BCUT2D eigenvalue weighted by Gasteiger charge is 2.60. The Bertz CT molecular complexity index is 1400. The Morgan fingerprint density at radius 2 is 1.58 bits per heavy atom. The maximum absolute atomic E-state index is 12.6. The van der Waals surface area contributed by atoms with E-state index < -0.39 is 30.7 Å². The molecule has 0 aromatic heterocycles. The minimum absolute atomic E-state index is 0.0826. The van der Waals surface area contributed by atoms with Gasteiger partial charge in [0.2, 0.25) is 0 Å². The molecule has 4 aliphatic carbocycles. The number of aliphatic hydroxyl groups is 6. The maximum atomic E-state index is 12.6. The highest BCUT2D eigenvalue weighted by molar-refractivity contribution is 5.90. The normalized spacial score (nSPS) is 41.3. The van der Waals surface area contributed by atoms with Crippen molar-refractivity contribution in [2.75, 3.05) is 26.4 Å². The molecule has 6 N–H and O–H groups in total. The van der Waals surface area contributed by atoms with Crippen LogP contribution in [0.25, 0.3) is 0 Å². The van der Waals surface area contributed by atoms with E-state index in [4.69, 9.17) is 34.3 Å². The van der Waals surface area contributed by atoms with Crippen molar-refractivity contribution in [3.8, 4) is 38.5 Å². The highest BCUT2D eigenvalue weighted by atomic mass is 16.7. The van der Waals surface area contributed by atoms with Gasteiger partial charge >= 0.3 is 5.97 Å². The molecule has 3 heterocycles. The van der Waals surface area contributed by atoms with Crippen molar-refractivity contribution in [1.82, 2.24) is 0 Å². The Kier molecular flexibility index (Phi) is 18.8. The number of rotatable bonds is 7. The summed E-state index contributed by atoms with van der Waals surface area (Å²) in [6.45, 7) is 9.04. The van der Waals surface area contributed by atoms with Crippen LogP contribution in [0.2, 0.25) is 0 Å². The summed E-state index contributed by atoms with van der Waals surface area (Å²) in [6.07, 6.45) is 34.7. The van der Waals surface area contributed by atoms with Gasteiger partial charge in [-0.1, -0.05) is 38.0 Å². The summed E-state index contributed by atoms with van der Waals surface area (Å²) >= 11 is 0. The molecule has 11 nitrogen and oxygen atoms in total. The van der Waals surface area contributed by atoms with Gasteiger partial charge in [0.25, 0.3) is 0 Å². The van der Waals surface area contributed by atoms with Gasteiger partial charge in [-0.2, -0.15) is 0 Å². The molecule has 2 saturated heterocycles. The lowest BCUT2D eigenvalue weighted by atomic mass is 9.47. The number of terminal acetylenes is 3. The SMILES string of the molecule is C#C.C#C.C#C.CC1=C(CO)C(=O)OC([C@@H](C)C2CCC3[C@@H]4CC=C5C[C@@H](OC6C[C@@H](O)C[C@@H](CO)O6)CC[C@]5(C)C4CC[C@]23C)C1.OC[C@H]1OC[C@H](O)C[C@@H]1O. The van der Waals surface area contributed by atoms with E-state index >= 15 is 0 Å². The smallest absolute Gasteiger partial charge is 0.336 e. The summed E-state index contributed by atoms with van der Waals surface area (Å²) in [5.74, 6) is 2.64. The van der Waals surface area contributed by atoms with Crippen molar-refractivity contribution >= 4 is 5.97 Å². The Balaban J connectivity index is 0.000000463. The first-order valence-corrected chi connectivity index (χ1v) is 20.7. The van der Waals surface area contributed by atoms with E-state index in [2.05, 4.69) is 65.4 Å². The molecule has 0 amide bonds. The highest BCUT2D eigenvalue weighted by Crippen LogP contribution is 2.67. The van der Waals surface area contributed by atoms with Crippen LogP contribution in [-0.2, 0) is 23.7 Å². The van der Waals surface area contributed by atoms with Crippen LogP contribution in [0.5, 0.6) is 0 Å². The van der Waals surface area contributed by atoms with Crippen molar-refractivity contribution < 1.29 is 54.4 Å². The Hall–Kier alpha value is -2.73. The molecule has 320 valence electrons. The van der Waals surface area contributed by atoms with Crippen LogP contribution >= 0.6 is 0 Å². The summed E-state index contributed by atoms with van der Waals surface area (Å²) < 4.78 is 23.1. The van der Waals surface area contributed by atoms with E-state index in [1.165, 1.54) is 25.7 Å². The van der Waals surface area contributed by atoms with Crippen molar-refractivity contribution in [2.24, 2.45) is 40.4 Å². The van der Waals surface area contributed by atoms with Gasteiger partial charge in [-0.25, -0.2) is 4.79 Å². The molecule has 3 saturated carbocycles. The largest absolute Gasteiger partial charge is 0.458 e. The minimum atomic E-state index is -0.728. The van der Waals surface area contributed by atoms with Gasteiger partial charge < -0.3 is 49.6 Å². The molecule has 11 heteroatoms. The monoisotopic (exact) mass is 798 g/mol. The lowest BCUT2D eigenvalue weighted by molar-refractivity contribution is -0.242. The molecule has 3 aliphatic heterocycles. The van der Waals surface area contributed by atoms with Crippen LogP contribution in [0.15, 0.2) is 22.8 Å². The van der Waals surface area contributed by atoms with Crippen molar-refractivity contribution in [2.45, 2.75) is 154 Å². The third kappa shape index (κ3) is 10.7. The second-order valence-corrected chi connectivity index (χ2v) is 17.4. The van der Waals surface area contributed by atoms with Crippen molar-refractivity contribution in [3.05, 3.63) is 22.8 Å². The third-order valence-corrected chi connectivity index (χ3v) is 14.6. The molecule has 5 unspecified atom stereocenters. The van der Waals surface area contributed by atoms with Gasteiger partial charge in [-0.15, -0.1) is 38.5 Å². The first-order chi connectivity index (χ1) is 27.3. The molecule has 7 aliphatic rings. The number of allylic oxidation sites excluding steroid dienone is 1. The molecule has 0 radical (unpaired) electrons. The second-order valence-electron chi connectivity index (χ2n) is 17.4. The fraction of sp³-hybridized carbons (Fsp3) is 0.761. The molecule has 0 aromatic carbocycles. The zero-order valence-corrected chi connectivity index (χ0v) is 34.6. The van der Waals surface area contributed by atoms with Crippen LogP contribution in [0.3, 0.4) is 0 Å². The quantitative estimate of drug-likeness (QED) is 0.123. The average Bonchev–Trinajstić information content (AvgIpc) is 3.57. The van der Waals surface area contributed by atoms with Crippen molar-refractivity contribution in [3.63, 3.8) is 0 Å². The molecule has 15 atom stereocenters. The van der Waals surface area contributed by atoms with E-state index in [0.29, 0.717) is 54.4 Å². The summed E-state index contributed by atoms with van der Waals surface area (Å²) in [4.78, 5) is 12.6. The van der Waals surface area contributed by atoms with E-state index in [0.717, 1.165) is 37.7 Å². The minimum Gasteiger partial charge on any atom is -0.458 e. The number of hydrogen-bond acceptors (Lipinski definition) is 11.